The van der Waals surface area contributed by atoms with E-state index in [4.69, 9.17) is 0 Å². The molecule has 4 nitrogen and oxygen atoms in total. The SMILES string of the molecule is COC(=O)Cc1cc(C)c(C(F)F)c(=O)[nH]1. The summed E-state index contributed by atoms with van der Waals surface area (Å²) < 4.78 is 29.3. The molecule has 1 heterocycles. The Balaban J connectivity index is 3.10. The minimum Gasteiger partial charge on any atom is -0.469 e. The van der Waals surface area contributed by atoms with Crippen LogP contribution in [0.25, 0.3) is 0 Å². The molecule has 0 amide bonds. The van der Waals surface area contributed by atoms with Crippen LogP contribution in [0.15, 0.2) is 10.9 Å². The molecule has 1 rings (SSSR count). The Labute approximate surface area is 90.2 Å². The van der Waals surface area contributed by atoms with Crippen molar-refractivity contribution in [3.63, 3.8) is 0 Å². The Bertz CT molecular complexity index is 454. The first-order valence-electron chi connectivity index (χ1n) is 4.53. The molecule has 0 saturated carbocycles. The third kappa shape index (κ3) is 2.65. The molecule has 0 spiro atoms. The number of hydrogen-bond acceptors (Lipinski definition) is 3. The predicted molar refractivity (Wildman–Crippen MR) is 52.5 cm³/mol. The molecule has 0 radical (unpaired) electrons. The Morgan fingerprint density at radius 1 is 1.56 bits per heavy atom. The number of rotatable bonds is 3. The highest BCUT2D eigenvalue weighted by molar-refractivity contribution is 5.71. The zero-order chi connectivity index (χ0) is 12.3. The van der Waals surface area contributed by atoms with Crippen LogP contribution in [0.2, 0.25) is 0 Å². The second-order valence-electron chi connectivity index (χ2n) is 3.27. The van der Waals surface area contributed by atoms with Crippen LogP contribution in [0.5, 0.6) is 0 Å². The summed E-state index contributed by atoms with van der Waals surface area (Å²) in [6.45, 7) is 1.40. The molecule has 0 aliphatic heterocycles. The van der Waals surface area contributed by atoms with E-state index in [-0.39, 0.29) is 17.7 Å². The van der Waals surface area contributed by atoms with E-state index in [1.807, 2.05) is 0 Å². The Morgan fingerprint density at radius 3 is 2.62 bits per heavy atom. The van der Waals surface area contributed by atoms with Gasteiger partial charge < -0.3 is 9.72 Å². The molecule has 0 fully saturated rings. The number of pyridine rings is 1. The number of aryl methyl sites for hydroxylation is 1. The number of alkyl halides is 2. The molecule has 0 bridgehead atoms. The third-order valence-electron chi connectivity index (χ3n) is 2.11. The molecule has 16 heavy (non-hydrogen) atoms. The summed E-state index contributed by atoms with van der Waals surface area (Å²) in [5, 5.41) is 0. The molecule has 1 aromatic heterocycles. The van der Waals surface area contributed by atoms with Crippen molar-refractivity contribution in [1.82, 2.24) is 4.98 Å². The molecule has 1 aromatic rings. The number of ether oxygens (including phenoxy) is 1. The fraction of sp³-hybridized carbons (Fsp3) is 0.400. The fourth-order valence-electron chi connectivity index (χ4n) is 1.36. The van der Waals surface area contributed by atoms with Gasteiger partial charge in [0.15, 0.2) is 0 Å². The number of carbonyl (C=O) groups excluding carboxylic acids is 1. The van der Waals surface area contributed by atoms with Crippen LogP contribution >= 0.6 is 0 Å². The van der Waals surface area contributed by atoms with Crippen molar-refractivity contribution in [2.24, 2.45) is 0 Å². The van der Waals surface area contributed by atoms with Gasteiger partial charge in [-0.05, 0) is 18.6 Å². The Kier molecular flexibility index (Phi) is 3.76. The standard InChI is InChI=1S/C10H11F2NO3/c1-5-3-6(4-7(14)16-2)13-10(15)8(5)9(11)12/h3,9H,4H2,1-2H3,(H,13,15). The van der Waals surface area contributed by atoms with E-state index in [0.29, 0.717) is 0 Å². The molecular weight excluding hydrogens is 220 g/mol. The first-order chi connectivity index (χ1) is 7.45. The van der Waals surface area contributed by atoms with Crippen LogP contribution in [0.1, 0.15) is 23.2 Å². The summed E-state index contributed by atoms with van der Waals surface area (Å²) in [5.74, 6) is -0.542. The van der Waals surface area contributed by atoms with Crippen LogP contribution in [0.3, 0.4) is 0 Å². The van der Waals surface area contributed by atoms with E-state index in [0.717, 1.165) is 0 Å². The van der Waals surface area contributed by atoms with Crippen molar-refractivity contribution in [3.05, 3.63) is 33.2 Å². The molecule has 88 valence electrons. The lowest BCUT2D eigenvalue weighted by molar-refractivity contribution is -0.139. The van der Waals surface area contributed by atoms with Gasteiger partial charge in [0.25, 0.3) is 12.0 Å². The topological polar surface area (TPSA) is 59.2 Å². The van der Waals surface area contributed by atoms with Gasteiger partial charge in [-0.25, -0.2) is 8.78 Å². The van der Waals surface area contributed by atoms with E-state index in [1.54, 1.807) is 0 Å². The predicted octanol–water partition coefficient (Wildman–Crippen LogP) is 1.34. The van der Waals surface area contributed by atoms with Crippen molar-refractivity contribution in [2.45, 2.75) is 19.8 Å². The van der Waals surface area contributed by atoms with Gasteiger partial charge in [0.05, 0.1) is 19.1 Å². The van der Waals surface area contributed by atoms with Crippen molar-refractivity contribution < 1.29 is 18.3 Å². The lowest BCUT2D eigenvalue weighted by Gasteiger charge is -2.06. The van der Waals surface area contributed by atoms with Crippen LogP contribution < -0.4 is 5.56 Å². The van der Waals surface area contributed by atoms with Crippen LogP contribution in [0.4, 0.5) is 8.78 Å². The molecule has 6 heteroatoms. The second kappa shape index (κ2) is 4.87. The van der Waals surface area contributed by atoms with Crippen molar-refractivity contribution in [1.29, 1.82) is 0 Å². The van der Waals surface area contributed by atoms with Gasteiger partial charge in [-0.2, -0.15) is 0 Å². The van der Waals surface area contributed by atoms with Gasteiger partial charge in [0.2, 0.25) is 0 Å². The summed E-state index contributed by atoms with van der Waals surface area (Å²) in [5.41, 5.74) is -1.00. The summed E-state index contributed by atoms with van der Waals surface area (Å²) in [6.07, 6.45) is -2.97. The highest BCUT2D eigenvalue weighted by atomic mass is 19.3. The van der Waals surface area contributed by atoms with Crippen molar-refractivity contribution >= 4 is 5.97 Å². The average Bonchev–Trinajstić information content (AvgIpc) is 2.15. The number of nitrogens with one attached hydrogen (secondary N) is 1. The molecule has 0 unspecified atom stereocenters. The van der Waals surface area contributed by atoms with Gasteiger partial charge in [0.1, 0.15) is 0 Å². The van der Waals surface area contributed by atoms with Crippen LogP contribution in [-0.2, 0) is 16.0 Å². The minimum atomic E-state index is -2.82. The van der Waals surface area contributed by atoms with E-state index in [2.05, 4.69) is 9.72 Å². The smallest absolute Gasteiger partial charge is 0.311 e. The maximum absolute atomic E-state index is 12.4. The van der Waals surface area contributed by atoms with E-state index in [9.17, 15) is 18.4 Å². The van der Waals surface area contributed by atoms with Gasteiger partial charge in [-0.1, -0.05) is 0 Å². The van der Waals surface area contributed by atoms with Crippen LogP contribution in [-0.4, -0.2) is 18.1 Å². The fourth-order valence-corrected chi connectivity index (χ4v) is 1.36. The molecule has 1 N–H and O–H groups in total. The lowest BCUT2D eigenvalue weighted by atomic mass is 10.1. The lowest BCUT2D eigenvalue weighted by Crippen LogP contribution is -2.19. The minimum absolute atomic E-state index is 0.143. The maximum atomic E-state index is 12.4. The van der Waals surface area contributed by atoms with Crippen LogP contribution in [0, 0.1) is 6.92 Å². The van der Waals surface area contributed by atoms with E-state index >= 15 is 0 Å². The molecule has 0 aliphatic carbocycles. The zero-order valence-corrected chi connectivity index (χ0v) is 8.84. The molecule has 0 aliphatic rings. The molecule has 0 aromatic carbocycles. The van der Waals surface area contributed by atoms with Gasteiger partial charge in [-0.3, -0.25) is 9.59 Å². The second-order valence-corrected chi connectivity index (χ2v) is 3.27. The number of halogens is 2. The molecule has 0 atom stereocenters. The third-order valence-corrected chi connectivity index (χ3v) is 2.11. The van der Waals surface area contributed by atoms with E-state index in [1.165, 1.54) is 20.1 Å². The molecule has 0 saturated heterocycles. The Morgan fingerprint density at radius 2 is 2.19 bits per heavy atom. The van der Waals surface area contributed by atoms with E-state index < -0.39 is 23.5 Å². The largest absolute Gasteiger partial charge is 0.469 e. The zero-order valence-electron chi connectivity index (χ0n) is 8.84. The number of aromatic nitrogens is 1. The molecular formula is C10H11F2NO3. The normalized spacial score (nSPS) is 10.6. The summed E-state index contributed by atoms with van der Waals surface area (Å²) in [4.78, 5) is 24.4. The van der Waals surface area contributed by atoms with Gasteiger partial charge in [-0.15, -0.1) is 0 Å². The number of hydrogen-bond donors (Lipinski definition) is 1. The number of methoxy groups -OCH3 is 1. The Hall–Kier alpha value is -1.72. The first-order valence-corrected chi connectivity index (χ1v) is 4.53. The first kappa shape index (κ1) is 12.4. The number of esters is 1. The monoisotopic (exact) mass is 231 g/mol. The average molecular weight is 231 g/mol. The highest BCUT2D eigenvalue weighted by Gasteiger charge is 2.16. The van der Waals surface area contributed by atoms with Gasteiger partial charge in [0, 0.05) is 5.69 Å². The number of carbonyl (C=O) groups is 1. The summed E-state index contributed by atoms with van der Waals surface area (Å²) >= 11 is 0. The summed E-state index contributed by atoms with van der Waals surface area (Å²) in [7, 11) is 1.21. The number of H-pyrrole nitrogens is 1. The number of aromatic amines is 1. The quantitative estimate of drug-likeness (QED) is 0.798. The van der Waals surface area contributed by atoms with Crippen molar-refractivity contribution in [2.75, 3.05) is 7.11 Å². The van der Waals surface area contributed by atoms with Gasteiger partial charge >= 0.3 is 5.97 Å². The summed E-state index contributed by atoms with van der Waals surface area (Å²) in [6, 6.07) is 1.35. The maximum Gasteiger partial charge on any atom is 0.311 e. The highest BCUT2D eigenvalue weighted by Crippen LogP contribution is 2.18. The van der Waals surface area contributed by atoms with Crippen molar-refractivity contribution in [3.8, 4) is 0 Å².